The summed E-state index contributed by atoms with van der Waals surface area (Å²) in [6.07, 6.45) is 7.40. The molecule has 0 saturated carbocycles. The van der Waals surface area contributed by atoms with E-state index in [0.717, 1.165) is 38.3 Å². The van der Waals surface area contributed by atoms with Gasteiger partial charge in [-0.3, -0.25) is 9.78 Å². The molecule has 1 unspecified atom stereocenters. The van der Waals surface area contributed by atoms with Crippen LogP contribution >= 0.6 is 11.3 Å². The van der Waals surface area contributed by atoms with Crippen LogP contribution in [0, 0.1) is 0 Å². The lowest BCUT2D eigenvalue weighted by atomic mass is 9.85. The lowest BCUT2D eigenvalue weighted by Gasteiger charge is -2.22. The van der Waals surface area contributed by atoms with Gasteiger partial charge in [0.25, 0.3) is 5.91 Å². The minimum absolute atomic E-state index is 0.0121. The van der Waals surface area contributed by atoms with Crippen LogP contribution in [0.5, 0.6) is 0 Å². The number of likely N-dealkylation sites (tertiary alicyclic amines) is 1. The lowest BCUT2D eigenvalue weighted by molar-refractivity contribution is 0.0783. The molecule has 5 nitrogen and oxygen atoms in total. The first kappa shape index (κ1) is 14.8. The first-order valence-electron chi connectivity index (χ1n) is 8.56. The quantitative estimate of drug-likeness (QED) is 0.713. The smallest absolute Gasteiger partial charge is 0.253 e. The van der Waals surface area contributed by atoms with Crippen LogP contribution in [0.3, 0.4) is 0 Å². The number of carbonyl (C=O) groups excluding carboxylic acids is 1. The Balaban J connectivity index is 1.44. The molecule has 6 heteroatoms. The number of hydrogen-bond acceptors (Lipinski definition) is 4. The van der Waals surface area contributed by atoms with Gasteiger partial charge in [0.05, 0.1) is 16.8 Å². The number of hydrogen-bond donors (Lipinski definition) is 0. The van der Waals surface area contributed by atoms with E-state index >= 15 is 0 Å². The summed E-state index contributed by atoms with van der Waals surface area (Å²) in [5.74, 6) is 1.25. The highest BCUT2D eigenvalue weighted by Gasteiger charge is 2.47. The van der Waals surface area contributed by atoms with Crippen molar-refractivity contribution >= 4 is 17.2 Å². The Hall–Kier alpha value is -2.47. The number of rotatable bonds is 2. The summed E-state index contributed by atoms with van der Waals surface area (Å²) < 4.78 is 2.35. The van der Waals surface area contributed by atoms with Gasteiger partial charge < -0.3 is 9.47 Å². The number of amides is 1. The van der Waals surface area contributed by atoms with Gasteiger partial charge in [0, 0.05) is 43.0 Å². The third-order valence-corrected chi connectivity index (χ3v) is 6.38. The Kier molecular flexibility index (Phi) is 3.28. The number of nitrogens with zero attached hydrogens (tertiary/aromatic N) is 4. The Morgan fingerprint density at radius 3 is 2.80 bits per heavy atom. The molecular formula is C19H18N4OS. The maximum atomic E-state index is 12.8. The highest BCUT2D eigenvalue weighted by Crippen LogP contribution is 2.44. The van der Waals surface area contributed by atoms with Crippen LogP contribution in [-0.2, 0) is 12.0 Å². The molecule has 3 aromatic rings. The number of pyridine rings is 1. The van der Waals surface area contributed by atoms with E-state index in [-0.39, 0.29) is 11.3 Å². The second-order valence-corrected chi connectivity index (χ2v) is 7.79. The summed E-state index contributed by atoms with van der Waals surface area (Å²) in [5.41, 5.74) is 1.94. The largest absolute Gasteiger partial charge is 0.338 e. The first-order valence-corrected chi connectivity index (χ1v) is 9.44. The van der Waals surface area contributed by atoms with Crippen LogP contribution in [0.25, 0.3) is 10.6 Å². The fourth-order valence-electron chi connectivity index (χ4n) is 4.19. The van der Waals surface area contributed by atoms with E-state index < -0.39 is 0 Å². The molecule has 1 atom stereocenters. The van der Waals surface area contributed by atoms with E-state index in [1.807, 2.05) is 11.1 Å². The molecular weight excluding hydrogens is 332 g/mol. The van der Waals surface area contributed by atoms with E-state index in [2.05, 4.69) is 27.1 Å². The van der Waals surface area contributed by atoms with Crippen molar-refractivity contribution in [2.24, 2.45) is 0 Å². The lowest BCUT2D eigenvalue weighted by Crippen LogP contribution is -2.33. The van der Waals surface area contributed by atoms with Crippen LogP contribution in [0.2, 0.25) is 0 Å². The third-order valence-electron chi connectivity index (χ3n) is 5.49. The standard InChI is InChI=1S/C19H18N4OS/c24-17(14-3-7-20-8-4-14)22-9-5-19(13-22)6-10-23-15(12-21-18(19)23)16-2-1-11-25-16/h1-4,7-8,11-12H,5-6,9-10,13H2. The van der Waals surface area contributed by atoms with Crippen molar-refractivity contribution in [2.75, 3.05) is 13.1 Å². The van der Waals surface area contributed by atoms with E-state index in [9.17, 15) is 4.79 Å². The molecule has 1 fully saturated rings. The molecule has 2 aliphatic heterocycles. The number of carbonyl (C=O) groups is 1. The molecule has 126 valence electrons. The monoisotopic (exact) mass is 350 g/mol. The van der Waals surface area contributed by atoms with Crippen molar-refractivity contribution in [3.05, 3.63) is 59.6 Å². The van der Waals surface area contributed by atoms with E-state index in [1.54, 1.807) is 35.9 Å². The van der Waals surface area contributed by atoms with Crippen LogP contribution in [0.15, 0.2) is 48.2 Å². The SMILES string of the molecule is O=C(c1ccncc1)N1CCC2(CCn3c(-c4cccs4)cnc32)C1. The minimum Gasteiger partial charge on any atom is -0.338 e. The van der Waals surface area contributed by atoms with Gasteiger partial charge in [0.1, 0.15) is 5.82 Å². The summed E-state index contributed by atoms with van der Waals surface area (Å²) >= 11 is 1.75. The normalized spacial score (nSPS) is 21.8. The Morgan fingerprint density at radius 1 is 1.16 bits per heavy atom. The molecule has 1 amide bonds. The zero-order valence-electron chi connectivity index (χ0n) is 13.8. The molecule has 0 aromatic carbocycles. The van der Waals surface area contributed by atoms with Gasteiger partial charge in [-0.25, -0.2) is 4.98 Å². The average molecular weight is 350 g/mol. The van der Waals surface area contributed by atoms with Crippen LogP contribution < -0.4 is 0 Å². The summed E-state index contributed by atoms with van der Waals surface area (Å²) in [5, 5.41) is 2.10. The molecule has 1 spiro atoms. The zero-order valence-corrected chi connectivity index (χ0v) is 14.6. The summed E-state index contributed by atoms with van der Waals surface area (Å²) in [6.45, 7) is 2.54. The molecule has 0 aliphatic carbocycles. The van der Waals surface area contributed by atoms with Crippen LogP contribution in [0.1, 0.15) is 29.0 Å². The van der Waals surface area contributed by atoms with E-state index in [1.165, 1.54) is 10.6 Å². The molecule has 2 aliphatic rings. The molecule has 0 N–H and O–H groups in total. The third kappa shape index (κ3) is 2.24. The van der Waals surface area contributed by atoms with E-state index in [4.69, 9.17) is 4.98 Å². The molecule has 0 radical (unpaired) electrons. The summed E-state index contributed by atoms with van der Waals surface area (Å²) in [4.78, 5) is 24.8. The van der Waals surface area contributed by atoms with Crippen molar-refractivity contribution in [3.8, 4) is 10.6 Å². The topological polar surface area (TPSA) is 51.0 Å². The molecule has 3 aromatic heterocycles. The second-order valence-electron chi connectivity index (χ2n) is 6.84. The van der Waals surface area contributed by atoms with Gasteiger partial charge in [0.15, 0.2) is 0 Å². The zero-order chi connectivity index (χ0) is 16.9. The average Bonchev–Trinajstić information content (AvgIpc) is 3.42. The van der Waals surface area contributed by atoms with Crippen LogP contribution in [-0.4, -0.2) is 38.4 Å². The molecule has 5 heterocycles. The van der Waals surface area contributed by atoms with Crippen molar-refractivity contribution in [1.82, 2.24) is 19.4 Å². The highest BCUT2D eigenvalue weighted by molar-refractivity contribution is 7.13. The summed E-state index contributed by atoms with van der Waals surface area (Å²) in [7, 11) is 0. The van der Waals surface area contributed by atoms with Gasteiger partial charge in [0.2, 0.25) is 0 Å². The Bertz CT molecular complexity index is 918. The van der Waals surface area contributed by atoms with Crippen molar-refractivity contribution in [2.45, 2.75) is 24.8 Å². The fourth-order valence-corrected chi connectivity index (χ4v) is 4.94. The predicted octanol–water partition coefficient (Wildman–Crippen LogP) is 3.19. The second kappa shape index (κ2) is 5.52. The van der Waals surface area contributed by atoms with Gasteiger partial charge in [-0.2, -0.15) is 0 Å². The highest BCUT2D eigenvalue weighted by atomic mass is 32.1. The van der Waals surface area contributed by atoms with Gasteiger partial charge >= 0.3 is 0 Å². The maximum absolute atomic E-state index is 12.8. The van der Waals surface area contributed by atoms with Gasteiger partial charge in [-0.05, 0) is 36.4 Å². The molecule has 1 saturated heterocycles. The molecule has 25 heavy (non-hydrogen) atoms. The number of aromatic nitrogens is 3. The number of thiophene rings is 1. The molecule has 5 rings (SSSR count). The number of imidazole rings is 1. The van der Waals surface area contributed by atoms with Crippen molar-refractivity contribution < 1.29 is 4.79 Å². The van der Waals surface area contributed by atoms with Crippen molar-refractivity contribution in [1.29, 1.82) is 0 Å². The first-order chi connectivity index (χ1) is 12.3. The fraction of sp³-hybridized carbons (Fsp3) is 0.316. The Labute approximate surface area is 150 Å². The number of fused-ring (bicyclic) bond motifs is 2. The van der Waals surface area contributed by atoms with E-state index in [0.29, 0.717) is 5.56 Å². The minimum atomic E-state index is 0.0121. The summed E-state index contributed by atoms with van der Waals surface area (Å²) in [6, 6.07) is 7.80. The molecule has 0 bridgehead atoms. The van der Waals surface area contributed by atoms with Gasteiger partial charge in [-0.1, -0.05) is 6.07 Å². The Morgan fingerprint density at radius 2 is 2.00 bits per heavy atom. The van der Waals surface area contributed by atoms with Crippen molar-refractivity contribution in [3.63, 3.8) is 0 Å². The maximum Gasteiger partial charge on any atom is 0.253 e. The van der Waals surface area contributed by atoms with Crippen LogP contribution in [0.4, 0.5) is 0 Å². The van der Waals surface area contributed by atoms with Gasteiger partial charge in [-0.15, -0.1) is 11.3 Å². The predicted molar refractivity (Wildman–Crippen MR) is 96.6 cm³/mol.